The minimum atomic E-state index is -1.65. The lowest BCUT2D eigenvalue weighted by Gasteiger charge is -2.39. The second-order valence-electron chi connectivity index (χ2n) is 7.88. The number of benzene rings is 1. The third-order valence-corrected chi connectivity index (χ3v) is 5.79. The minimum Gasteiger partial charge on any atom is -0.458 e. The van der Waals surface area contributed by atoms with Crippen LogP contribution in [0.3, 0.4) is 0 Å². The Morgan fingerprint density at radius 3 is 2.39 bits per heavy atom. The van der Waals surface area contributed by atoms with Crippen molar-refractivity contribution in [1.82, 2.24) is 9.55 Å². The number of aromatic amines is 1. The van der Waals surface area contributed by atoms with E-state index < -0.39 is 37.3 Å². The van der Waals surface area contributed by atoms with Gasteiger partial charge in [-0.3, -0.25) is 9.59 Å². The maximum Gasteiger partial charge on any atom is 0.251 e. The van der Waals surface area contributed by atoms with E-state index in [1.54, 1.807) is 20.9 Å². The quantitative estimate of drug-likeness (QED) is 0.336. The third kappa shape index (κ3) is 3.42. The van der Waals surface area contributed by atoms with Crippen molar-refractivity contribution < 1.29 is 29.9 Å². The smallest absolute Gasteiger partial charge is 0.251 e. The molecule has 3 heterocycles. The van der Waals surface area contributed by atoms with E-state index in [1.165, 1.54) is 16.7 Å². The van der Waals surface area contributed by atoms with Gasteiger partial charge in [0.15, 0.2) is 5.75 Å². The van der Waals surface area contributed by atoms with E-state index in [4.69, 9.17) is 9.47 Å². The van der Waals surface area contributed by atoms with Crippen LogP contribution in [0.4, 0.5) is 0 Å². The summed E-state index contributed by atoms with van der Waals surface area (Å²) >= 11 is 0. The molecule has 31 heavy (non-hydrogen) atoms. The van der Waals surface area contributed by atoms with Gasteiger partial charge in [-0.05, 0) is 31.0 Å². The van der Waals surface area contributed by atoms with Crippen LogP contribution in [0.1, 0.15) is 11.1 Å². The summed E-state index contributed by atoms with van der Waals surface area (Å²) in [5, 5.41) is 41.4. The second-order valence-corrected chi connectivity index (χ2v) is 7.88. The molecule has 5 N–H and O–H groups in total. The molecule has 4 rings (SSSR count). The maximum absolute atomic E-state index is 12.5. The van der Waals surface area contributed by atoms with Crippen LogP contribution in [0.15, 0.2) is 27.8 Å². The molecule has 1 aliphatic rings. The highest BCUT2D eigenvalue weighted by Gasteiger charge is 2.45. The van der Waals surface area contributed by atoms with Gasteiger partial charge in [0.1, 0.15) is 24.4 Å². The number of rotatable bonds is 3. The number of nitrogens with zero attached hydrogens (tertiary/aromatic N) is 1. The molecule has 0 aliphatic carbocycles. The fraction of sp³-hybridized carbons (Fsp3) is 0.429. The first-order valence-electron chi connectivity index (χ1n) is 9.78. The van der Waals surface area contributed by atoms with Gasteiger partial charge in [0, 0.05) is 30.0 Å². The van der Waals surface area contributed by atoms with Crippen LogP contribution in [0, 0.1) is 13.8 Å². The van der Waals surface area contributed by atoms with E-state index in [2.05, 4.69) is 4.98 Å². The van der Waals surface area contributed by atoms with Crippen LogP contribution in [0.25, 0.3) is 21.8 Å². The van der Waals surface area contributed by atoms with Gasteiger partial charge in [-0.2, -0.15) is 0 Å². The number of aromatic nitrogens is 2. The Balaban J connectivity index is 2.01. The van der Waals surface area contributed by atoms with E-state index in [9.17, 15) is 30.0 Å². The van der Waals surface area contributed by atoms with Gasteiger partial charge in [0.25, 0.3) is 5.56 Å². The molecule has 1 aliphatic heterocycles. The summed E-state index contributed by atoms with van der Waals surface area (Å²) in [5.74, 6) is 0.0703. The molecule has 0 amide bonds. The van der Waals surface area contributed by atoms with Crippen molar-refractivity contribution in [3.8, 4) is 5.75 Å². The predicted molar refractivity (Wildman–Crippen MR) is 111 cm³/mol. The summed E-state index contributed by atoms with van der Waals surface area (Å²) in [7, 11) is 1.55. The van der Waals surface area contributed by atoms with E-state index in [0.29, 0.717) is 27.4 Å². The fourth-order valence-electron chi connectivity index (χ4n) is 4.02. The average Bonchev–Trinajstić information content (AvgIpc) is 2.72. The van der Waals surface area contributed by atoms with Crippen LogP contribution in [0.5, 0.6) is 5.75 Å². The van der Waals surface area contributed by atoms with Gasteiger partial charge in [-0.25, -0.2) is 0 Å². The number of aryl methyl sites for hydroxylation is 3. The zero-order valence-corrected chi connectivity index (χ0v) is 17.2. The summed E-state index contributed by atoms with van der Waals surface area (Å²) in [6, 6.07) is 4.75. The SMILES string of the molecule is Cc1cc(=O)[nH]c2c(OC3OC(CO)C(O)C(O)C3O)c3c(cc12)c(C)cc(=O)n3C. The zero-order chi connectivity index (χ0) is 22.6. The number of ether oxygens (including phenoxy) is 2. The van der Waals surface area contributed by atoms with Crippen molar-refractivity contribution >= 4 is 21.8 Å². The van der Waals surface area contributed by atoms with Crippen molar-refractivity contribution in [1.29, 1.82) is 0 Å². The number of hydrogen-bond donors (Lipinski definition) is 5. The summed E-state index contributed by atoms with van der Waals surface area (Å²) < 4.78 is 12.8. The molecule has 166 valence electrons. The normalized spacial score (nSPS) is 26.5. The van der Waals surface area contributed by atoms with Gasteiger partial charge < -0.3 is 39.5 Å². The number of hydrogen-bond acceptors (Lipinski definition) is 8. The van der Waals surface area contributed by atoms with E-state index >= 15 is 0 Å². The van der Waals surface area contributed by atoms with Gasteiger partial charge in [0.05, 0.1) is 17.6 Å². The second kappa shape index (κ2) is 7.74. The summed E-state index contributed by atoms with van der Waals surface area (Å²) in [6.45, 7) is 2.92. The molecule has 1 fully saturated rings. The van der Waals surface area contributed by atoms with E-state index in [-0.39, 0.29) is 22.4 Å². The zero-order valence-electron chi connectivity index (χ0n) is 17.2. The highest BCUT2D eigenvalue weighted by Crippen LogP contribution is 2.37. The first-order chi connectivity index (χ1) is 14.6. The van der Waals surface area contributed by atoms with Crippen molar-refractivity contribution in [2.24, 2.45) is 7.05 Å². The van der Waals surface area contributed by atoms with Crippen molar-refractivity contribution in [3.63, 3.8) is 0 Å². The maximum atomic E-state index is 12.5. The van der Waals surface area contributed by atoms with Gasteiger partial charge in [-0.1, -0.05) is 0 Å². The van der Waals surface area contributed by atoms with Crippen LogP contribution in [0.2, 0.25) is 0 Å². The largest absolute Gasteiger partial charge is 0.458 e. The minimum absolute atomic E-state index is 0.0703. The van der Waals surface area contributed by atoms with E-state index in [1.807, 2.05) is 6.07 Å². The summed E-state index contributed by atoms with van der Waals surface area (Å²) in [5.41, 5.74) is 1.31. The predicted octanol–water partition coefficient (Wildman–Crippen LogP) is -0.824. The highest BCUT2D eigenvalue weighted by atomic mass is 16.7. The monoisotopic (exact) mass is 432 g/mol. The molecular formula is C21H24N2O8. The van der Waals surface area contributed by atoms with Crippen LogP contribution in [-0.4, -0.2) is 67.3 Å². The Bertz CT molecular complexity index is 1280. The molecule has 10 heteroatoms. The average molecular weight is 432 g/mol. The van der Waals surface area contributed by atoms with Crippen LogP contribution < -0.4 is 15.9 Å². The van der Waals surface area contributed by atoms with Crippen molar-refractivity contribution in [2.45, 2.75) is 44.6 Å². The van der Waals surface area contributed by atoms with E-state index in [0.717, 1.165) is 0 Å². The number of nitrogens with one attached hydrogen (secondary N) is 1. The molecule has 10 nitrogen and oxygen atoms in total. The summed E-state index contributed by atoms with van der Waals surface area (Å²) in [4.78, 5) is 27.4. The lowest BCUT2D eigenvalue weighted by molar-refractivity contribution is -0.277. The van der Waals surface area contributed by atoms with Crippen molar-refractivity contribution in [3.05, 3.63) is 50.0 Å². The number of H-pyrrole nitrogens is 1. The lowest BCUT2D eigenvalue weighted by atomic mass is 9.99. The first-order valence-corrected chi connectivity index (χ1v) is 9.78. The Morgan fingerprint density at radius 2 is 1.71 bits per heavy atom. The molecule has 0 bridgehead atoms. The number of aliphatic hydroxyl groups excluding tert-OH is 4. The number of pyridine rings is 2. The molecule has 5 unspecified atom stereocenters. The Kier molecular flexibility index (Phi) is 5.36. The Hall–Kier alpha value is -2.76. The van der Waals surface area contributed by atoms with Crippen LogP contribution >= 0.6 is 0 Å². The lowest BCUT2D eigenvalue weighted by Crippen LogP contribution is -2.60. The molecule has 2 aromatic heterocycles. The standard InChI is InChI=1S/C21H24N2O8/c1-8-4-13(25)22-15-10(8)6-11-9(2)5-14(26)23(3)16(11)20(15)31-21-19(29)18(28)17(27)12(7-24)30-21/h4-6,12,17-19,21,24,27-29H,7H2,1-3H3,(H,22,25). The Labute approximate surface area is 175 Å². The molecule has 5 atom stereocenters. The third-order valence-electron chi connectivity index (χ3n) is 5.79. The molecular weight excluding hydrogens is 408 g/mol. The van der Waals surface area contributed by atoms with Gasteiger partial charge in [0.2, 0.25) is 11.8 Å². The topological polar surface area (TPSA) is 154 Å². The first kappa shape index (κ1) is 21.5. The number of fused-ring (bicyclic) bond motifs is 2. The Morgan fingerprint density at radius 1 is 1.03 bits per heavy atom. The molecule has 0 saturated carbocycles. The molecule has 0 spiro atoms. The molecule has 3 aromatic rings. The molecule has 1 aromatic carbocycles. The fourth-order valence-corrected chi connectivity index (χ4v) is 4.02. The van der Waals surface area contributed by atoms with Gasteiger partial charge >= 0.3 is 0 Å². The molecule has 0 radical (unpaired) electrons. The highest BCUT2D eigenvalue weighted by molar-refractivity contribution is 6.04. The van der Waals surface area contributed by atoms with Gasteiger partial charge in [-0.15, -0.1) is 0 Å². The number of aliphatic hydroxyl groups is 4. The van der Waals surface area contributed by atoms with Crippen LogP contribution in [-0.2, 0) is 11.8 Å². The molecule has 1 saturated heterocycles. The summed E-state index contributed by atoms with van der Waals surface area (Å²) in [6.07, 6.45) is -7.48. The van der Waals surface area contributed by atoms with Crippen molar-refractivity contribution in [2.75, 3.05) is 6.61 Å².